The van der Waals surface area contributed by atoms with Gasteiger partial charge in [0.05, 0.1) is 32.3 Å². The molecule has 0 unspecified atom stereocenters. The van der Waals surface area contributed by atoms with Crippen LogP contribution in [0.3, 0.4) is 0 Å². The zero-order valence-electron chi connectivity index (χ0n) is 24.4. The van der Waals surface area contributed by atoms with Gasteiger partial charge in [-0.2, -0.15) is 0 Å². The summed E-state index contributed by atoms with van der Waals surface area (Å²) >= 11 is 0. The van der Waals surface area contributed by atoms with Gasteiger partial charge in [0.15, 0.2) is 11.5 Å². The smallest absolute Gasteiger partial charge is 0.204 e. The number of phenols is 1. The van der Waals surface area contributed by atoms with Crippen molar-refractivity contribution in [3.8, 4) is 28.7 Å². The summed E-state index contributed by atoms with van der Waals surface area (Å²) in [5.41, 5.74) is 3.60. The van der Waals surface area contributed by atoms with Crippen molar-refractivity contribution in [1.82, 2.24) is 0 Å². The number of methoxy groups -OCH3 is 3. The highest BCUT2D eigenvalue weighted by molar-refractivity contribution is 6.00. The molecule has 1 N–H and O–H groups in total. The van der Waals surface area contributed by atoms with Crippen LogP contribution in [0.4, 0.5) is 0 Å². The molecule has 3 aromatic carbocycles. The summed E-state index contributed by atoms with van der Waals surface area (Å²) in [7, 11) is 4.77. The van der Waals surface area contributed by atoms with Crippen LogP contribution in [0.2, 0.25) is 0 Å². The quantitative estimate of drug-likeness (QED) is 0.143. The van der Waals surface area contributed by atoms with Crippen LogP contribution in [0.5, 0.6) is 28.7 Å². The number of hydrogen-bond donors (Lipinski definition) is 1. The molecule has 0 amide bonds. The van der Waals surface area contributed by atoms with Crippen LogP contribution in [0.1, 0.15) is 49.9 Å². The molecule has 1 aromatic heterocycles. The second-order valence-electron chi connectivity index (χ2n) is 10.8. The lowest BCUT2D eigenvalue weighted by Gasteiger charge is -2.28. The van der Waals surface area contributed by atoms with E-state index in [0.717, 1.165) is 16.7 Å². The molecule has 0 fully saturated rings. The van der Waals surface area contributed by atoms with Crippen LogP contribution in [-0.2, 0) is 6.42 Å². The Bertz CT molecular complexity index is 1820. The van der Waals surface area contributed by atoms with Gasteiger partial charge in [-0.25, -0.2) is 0 Å². The van der Waals surface area contributed by atoms with E-state index in [2.05, 4.69) is 0 Å². The first-order valence-corrected chi connectivity index (χ1v) is 13.3. The van der Waals surface area contributed by atoms with Gasteiger partial charge in [0.1, 0.15) is 39.4 Å². The first kappa shape index (κ1) is 27.9. The van der Waals surface area contributed by atoms with E-state index < -0.39 is 5.60 Å². The molecule has 0 radical (unpaired) electrons. The molecule has 0 aliphatic carbocycles. The van der Waals surface area contributed by atoms with Gasteiger partial charge in [-0.1, -0.05) is 29.9 Å². The largest absolute Gasteiger partial charge is 0.506 e. The third-order valence-corrected chi connectivity index (χ3v) is 7.12. The molecule has 2 heterocycles. The molecule has 0 bridgehead atoms. The normalized spacial score (nSPS) is 13.7. The lowest BCUT2D eigenvalue weighted by atomic mass is 9.95. The highest BCUT2D eigenvalue weighted by atomic mass is 16.5. The summed E-state index contributed by atoms with van der Waals surface area (Å²) in [6.07, 6.45) is 9.96. The Morgan fingerprint density at radius 2 is 1.68 bits per heavy atom. The highest BCUT2D eigenvalue weighted by Gasteiger charge is 2.27. The van der Waals surface area contributed by atoms with Crippen molar-refractivity contribution in [2.75, 3.05) is 21.3 Å². The van der Waals surface area contributed by atoms with Crippen molar-refractivity contribution in [3.05, 3.63) is 80.5 Å². The van der Waals surface area contributed by atoms with E-state index in [1.165, 1.54) is 0 Å². The summed E-state index contributed by atoms with van der Waals surface area (Å²) in [6.45, 7) is 7.84. The molecule has 4 aromatic rings. The van der Waals surface area contributed by atoms with E-state index in [9.17, 15) is 9.90 Å². The Kier molecular flexibility index (Phi) is 7.30. The Morgan fingerprint density at radius 1 is 0.951 bits per heavy atom. The van der Waals surface area contributed by atoms with Crippen LogP contribution in [0.25, 0.3) is 40.2 Å². The van der Waals surface area contributed by atoms with Crippen molar-refractivity contribution in [2.45, 2.75) is 39.7 Å². The predicted molar refractivity (Wildman–Crippen MR) is 164 cm³/mol. The van der Waals surface area contributed by atoms with E-state index in [4.69, 9.17) is 23.4 Å². The van der Waals surface area contributed by atoms with Crippen molar-refractivity contribution in [3.63, 3.8) is 0 Å². The number of aromatic hydroxyl groups is 1. The van der Waals surface area contributed by atoms with E-state index >= 15 is 0 Å². The van der Waals surface area contributed by atoms with Crippen molar-refractivity contribution in [2.24, 2.45) is 0 Å². The molecular formula is C34H34O7. The minimum atomic E-state index is -0.558. The maximum absolute atomic E-state index is 14.1. The molecule has 41 heavy (non-hydrogen) atoms. The Labute approximate surface area is 238 Å². The number of fused-ring (bicyclic) bond motifs is 3. The molecule has 0 atom stereocenters. The number of allylic oxidation sites excluding steroid dienone is 2. The average molecular weight is 555 g/mol. The fourth-order valence-electron chi connectivity index (χ4n) is 5.08. The molecule has 7 heteroatoms. The van der Waals surface area contributed by atoms with Gasteiger partial charge in [-0.15, -0.1) is 0 Å². The maximum atomic E-state index is 14.1. The van der Waals surface area contributed by atoms with Gasteiger partial charge in [0, 0.05) is 17.2 Å². The zero-order valence-corrected chi connectivity index (χ0v) is 24.4. The summed E-state index contributed by atoms with van der Waals surface area (Å²) < 4.78 is 29.1. The molecule has 5 rings (SSSR count). The molecule has 7 nitrogen and oxygen atoms in total. The van der Waals surface area contributed by atoms with Gasteiger partial charge < -0.3 is 28.5 Å². The molecular weight excluding hydrogens is 520 g/mol. The average Bonchev–Trinajstić information content (AvgIpc) is 2.93. The fourth-order valence-corrected chi connectivity index (χ4v) is 5.08. The van der Waals surface area contributed by atoms with E-state index in [1.54, 1.807) is 39.5 Å². The minimum Gasteiger partial charge on any atom is -0.506 e. The topological polar surface area (TPSA) is 87.4 Å². The van der Waals surface area contributed by atoms with Crippen LogP contribution < -0.4 is 24.4 Å². The summed E-state index contributed by atoms with van der Waals surface area (Å²) in [4.78, 5) is 14.1. The summed E-state index contributed by atoms with van der Waals surface area (Å²) in [5.74, 6) is 2.10. The molecule has 1 aliphatic rings. The fraction of sp³-hybridized carbons (Fsp3) is 0.265. The highest BCUT2D eigenvalue weighted by Crippen LogP contribution is 2.42. The SMILES string of the molecule is COc1ccc(/C=C/c2cc3oc4cc5c(c(O)c4c(=O)c3c(CC=C(C)C)c2OC)C=CC(C)(C)O5)cc1OC. The monoisotopic (exact) mass is 554 g/mol. The van der Waals surface area contributed by atoms with Crippen LogP contribution in [0.15, 0.2) is 57.3 Å². The maximum Gasteiger partial charge on any atom is 0.204 e. The Morgan fingerprint density at radius 3 is 2.37 bits per heavy atom. The standard InChI is InChI=1S/C34H34O7/c1-19(2)8-12-23-29-27(17-21(33(23)39-7)11-9-20-10-13-24(37-5)26(16-20)38-6)40-28-18-25-22(14-15-34(3,4)41-25)31(35)30(28)32(29)36/h8-11,13-18,35H,12H2,1-7H3/b11-9+. The lowest BCUT2D eigenvalue weighted by molar-refractivity contribution is 0.158. The number of phenolic OH excluding ortho intramolecular Hbond substituents is 1. The number of hydrogen-bond acceptors (Lipinski definition) is 7. The second-order valence-corrected chi connectivity index (χ2v) is 10.8. The molecule has 0 saturated heterocycles. The van der Waals surface area contributed by atoms with Gasteiger partial charge in [0.25, 0.3) is 0 Å². The van der Waals surface area contributed by atoms with Crippen LogP contribution in [-0.4, -0.2) is 32.0 Å². The molecule has 0 saturated carbocycles. The first-order chi connectivity index (χ1) is 19.6. The predicted octanol–water partition coefficient (Wildman–Crippen LogP) is 7.54. The van der Waals surface area contributed by atoms with Gasteiger partial charge in [-0.3, -0.25) is 4.79 Å². The zero-order chi connectivity index (χ0) is 29.5. The van der Waals surface area contributed by atoms with Crippen molar-refractivity contribution < 1.29 is 28.5 Å². The number of benzene rings is 3. The van der Waals surface area contributed by atoms with Crippen LogP contribution >= 0.6 is 0 Å². The first-order valence-electron chi connectivity index (χ1n) is 13.3. The lowest BCUT2D eigenvalue weighted by Crippen LogP contribution is -2.27. The summed E-state index contributed by atoms with van der Waals surface area (Å²) in [6, 6.07) is 9.11. The molecule has 0 spiro atoms. The van der Waals surface area contributed by atoms with Gasteiger partial charge in [-0.05, 0) is 70.0 Å². The minimum absolute atomic E-state index is 0.110. The van der Waals surface area contributed by atoms with E-state index in [1.807, 2.05) is 70.2 Å². The number of ether oxygens (including phenoxy) is 4. The van der Waals surface area contributed by atoms with Crippen LogP contribution in [0, 0.1) is 0 Å². The van der Waals surface area contributed by atoms with E-state index in [0.29, 0.717) is 51.5 Å². The van der Waals surface area contributed by atoms with Gasteiger partial charge >= 0.3 is 0 Å². The molecule has 1 aliphatic heterocycles. The Hall–Kier alpha value is -4.65. The molecule has 212 valence electrons. The third-order valence-electron chi connectivity index (χ3n) is 7.12. The van der Waals surface area contributed by atoms with Crippen molar-refractivity contribution >= 4 is 40.2 Å². The second kappa shape index (κ2) is 10.7. The summed E-state index contributed by atoms with van der Waals surface area (Å²) in [5, 5.41) is 11.7. The van der Waals surface area contributed by atoms with Gasteiger partial charge in [0.2, 0.25) is 5.43 Å². The number of rotatable bonds is 7. The van der Waals surface area contributed by atoms with E-state index in [-0.39, 0.29) is 22.1 Å². The Balaban J connectivity index is 1.77. The third kappa shape index (κ3) is 5.15. The van der Waals surface area contributed by atoms with Crippen molar-refractivity contribution in [1.29, 1.82) is 0 Å².